The molecule has 4 N–H and O–H groups in total. The Kier molecular flexibility index (Phi) is 2.78. The van der Waals surface area contributed by atoms with Crippen molar-refractivity contribution in [2.45, 2.75) is 20.8 Å². The predicted octanol–water partition coefficient (Wildman–Crippen LogP) is 0.768. The number of nitrogens with two attached hydrogens (primary N) is 1. The maximum Gasteiger partial charge on any atom is 0.269 e. The van der Waals surface area contributed by atoms with Crippen molar-refractivity contribution in [1.29, 1.82) is 0 Å². The smallest absolute Gasteiger partial charge is 0.269 e. The molecule has 0 aliphatic heterocycles. The van der Waals surface area contributed by atoms with E-state index in [9.17, 15) is 4.79 Å². The molecule has 0 aliphatic rings. The van der Waals surface area contributed by atoms with Crippen molar-refractivity contribution in [2.75, 3.05) is 12.3 Å². The molecule has 1 aromatic heterocycles. The van der Waals surface area contributed by atoms with E-state index in [-0.39, 0.29) is 11.3 Å². The average molecular weight is 196 g/mol. The van der Waals surface area contributed by atoms with Crippen LogP contribution in [0.5, 0.6) is 0 Å². The normalized spacial score (nSPS) is 11.4. The maximum absolute atomic E-state index is 11.5. The van der Waals surface area contributed by atoms with Crippen LogP contribution in [-0.4, -0.2) is 22.6 Å². The minimum atomic E-state index is -0.177. The molecule has 0 fully saturated rings. The molecule has 0 bridgehead atoms. The summed E-state index contributed by atoms with van der Waals surface area (Å²) in [4.78, 5) is 11.5. The van der Waals surface area contributed by atoms with Gasteiger partial charge in [0.25, 0.3) is 5.91 Å². The first-order valence-corrected chi connectivity index (χ1v) is 4.47. The van der Waals surface area contributed by atoms with Crippen LogP contribution in [0.1, 0.15) is 31.3 Å². The molecule has 5 nitrogen and oxygen atoms in total. The van der Waals surface area contributed by atoms with E-state index in [1.54, 1.807) is 0 Å². The van der Waals surface area contributed by atoms with Crippen LogP contribution < -0.4 is 11.1 Å². The van der Waals surface area contributed by atoms with Crippen molar-refractivity contribution >= 4 is 11.7 Å². The highest BCUT2D eigenvalue weighted by Crippen LogP contribution is 2.10. The van der Waals surface area contributed by atoms with E-state index in [2.05, 4.69) is 36.3 Å². The summed E-state index contributed by atoms with van der Waals surface area (Å²) in [5.74, 6) is 0.148. The fraction of sp³-hybridized carbons (Fsp3) is 0.556. The van der Waals surface area contributed by atoms with Gasteiger partial charge >= 0.3 is 0 Å². The molecule has 1 rings (SSSR count). The van der Waals surface area contributed by atoms with E-state index in [0.717, 1.165) is 0 Å². The van der Waals surface area contributed by atoms with Crippen molar-refractivity contribution in [2.24, 2.45) is 5.41 Å². The lowest BCUT2D eigenvalue weighted by Gasteiger charge is -2.18. The fourth-order valence-corrected chi connectivity index (χ4v) is 0.894. The Labute approximate surface area is 83.1 Å². The Morgan fingerprint density at radius 3 is 2.71 bits per heavy atom. The quantitative estimate of drug-likeness (QED) is 0.653. The number of aromatic nitrogens is 2. The number of amides is 1. The summed E-state index contributed by atoms with van der Waals surface area (Å²) in [5, 5.41) is 9.01. The Balaban J connectivity index is 2.52. The molecule has 0 aliphatic carbocycles. The van der Waals surface area contributed by atoms with Gasteiger partial charge in [-0.05, 0) is 5.41 Å². The largest absolute Gasteiger partial charge is 0.382 e. The first kappa shape index (κ1) is 10.6. The third-order valence-corrected chi connectivity index (χ3v) is 1.62. The highest BCUT2D eigenvalue weighted by atomic mass is 16.1. The van der Waals surface area contributed by atoms with Crippen LogP contribution in [0.15, 0.2) is 6.07 Å². The van der Waals surface area contributed by atoms with Crippen LogP contribution in [-0.2, 0) is 0 Å². The van der Waals surface area contributed by atoms with Gasteiger partial charge in [0, 0.05) is 12.6 Å². The Hall–Kier alpha value is -1.52. The van der Waals surface area contributed by atoms with Crippen LogP contribution in [0.25, 0.3) is 0 Å². The standard InChI is InChI=1S/C9H16N4O/c1-9(2,3)5-11-8(14)6-4-7(10)13-12-6/h4H,5H2,1-3H3,(H,11,14)(H3,10,12,13). The molecule has 0 spiro atoms. The fourth-order valence-electron chi connectivity index (χ4n) is 0.894. The van der Waals surface area contributed by atoms with E-state index in [4.69, 9.17) is 5.73 Å². The van der Waals surface area contributed by atoms with E-state index < -0.39 is 0 Å². The van der Waals surface area contributed by atoms with Gasteiger partial charge in [-0.25, -0.2) is 0 Å². The number of anilines is 1. The number of hydrogen-bond donors (Lipinski definition) is 3. The topological polar surface area (TPSA) is 83.8 Å². The molecule has 5 heteroatoms. The number of aromatic amines is 1. The molecular formula is C9H16N4O. The average Bonchev–Trinajstić information content (AvgIpc) is 2.46. The van der Waals surface area contributed by atoms with E-state index in [1.807, 2.05) is 0 Å². The summed E-state index contributed by atoms with van der Waals surface area (Å²) in [7, 11) is 0. The van der Waals surface area contributed by atoms with E-state index >= 15 is 0 Å². The number of nitrogens with one attached hydrogen (secondary N) is 2. The summed E-state index contributed by atoms with van der Waals surface area (Å²) >= 11 is 0. The maximum atomic E-state index is 11.5. The van der Waals surface area contributed by atoms with Gasteiger partial charge in [0.2, 0.25) is 0 Å². The molecule has 0 saturated carbocycles. The minimum absolute atomic E-state index is 0.0707. The molecule has 0 radical (unpaired) electrons. The van der Waals surface area contributed by atoms with E-state index in [1.165, 1.54) is 6.07 Å². The first-order valence-electron chi connectivity index (χ1n) is 4.47. The lowest BCUT2D eigenvalue weighted by molar-refractivity contribution is 0.0934. The zero-order valence-electron chi connectivity index (χ0n) is 8.72. The molecule has 1 amide bonds. The van der Waals surface area contributed by atoms with Crippen LogP contribution >= 0.6 is 0 Å². The van der Waals surface area contributed by atoms with Crippen molar-refractivity contribution < 1.29 is 4.79 Å². The zero-order chi connectivity index (χ0) is 10.8. The number of H-pyrrole nitrogens is 1. The molecule has 1 aromatic rings. The Morgan fingerprint density at radius 2 is 2.29 bits per heavy atom. The minimum Gasteiger partial charge on any atom is -0.382 e. The van der Waals surface area contributed by atoms with Crippen LogP contribution in [0.4, 0.5) is 5.82 Å². The summed E-state index contributed by atoms with van der Waals surface area (Å²) in [6.45, 7) is 6.77. The Morgan fingerprint density at radius 1 is 1.64 bits per heavy atom. The summed E-state index contributed by atoms with van der Waals surface area (Å²) in [6.07, 6.45) is 0. The van der Waals surface area contributed by atoms with E-state index in [0.29, 0.717) is 18.1 Å². The van der Waals surface area contributed by atoms with Gasteiger partial charge in [-0.3, -0.25) is 9.89 Å². The van der Waals surface area contributed by atoms with Crippen molar-refractivity contribution in [3.63, 3.8) is 0 Å². The molecule has 0 unspecified atom stereocenters. The number of carbonyl (C=O) groups excluding carboxylic acids is 1. The van der Waals surface area contributed by atoms with Gasteiger partial charge in [0.15, 0.2) is 0 Å². The lowest BCUT2D eigenvalue weighted by Crippen LogP contribution is -2.32. The zero-order valence-corrected chi connectivity index (χ0v) is 8.72. The number of carbonyl (C=O) groups is 1. The Bertz CT molecular complexity index is 324. The SMILES string of the molecule is CC(C)(C)CNC(=O)c1cc(N)n[nH]1. The summed E-state index contributed by atoms with van der Waals surface area (Å²) < 4.78 is 0. The van der Waals surface area contributed by atoms with Gasteiger partial charge in [-0.2, -0.15) is 5.10 Å². The number of nitrogens with zero attached hydrogens (tertiary/aromatic N) is 1. The van der Waals surface area contributed by atoms with Gasteiger partial charge < -0.3 is 11.1 Å². The monoisotopic (exact) mass is 196 g/mol. The molecular weight excluding hydrogens is 180 g/mol. The molecule has 0 atom stereocenters. The molecule has 0 aromatic carbocycles. The number of nitrogen functional groups attached to an aromatic ring is 1. The molecule has 0 saturated heterocycles. The van der Waals surface area contributed by atoms with Crippen LogP contribution in [0.2, 0.25) is 0 Å². The number of rotatable bonds is 2. The predicted molar refractivity (Wildman–Crippen MR) is 54.8 cm³/mol. The van der Waals surface area contributed by atoms with Gasteiger partial charge in [0.1, 0.15) is 11.5 Å². The second kappa shape index (κ2) is 3.69. The third kappa shape index (κ3) is 3.08. The summed E-state index contributed by atoms with van der Waals surface area (Å²) in [5.41, 5.74) is 5.84. The second-order valence-electron chi connectivity index (χ2n) is 4.45. The van der Waals surface area contributed by atoms with Gasteiger partial charge in [-0.15, -0.1) is 0 Å². The number of hydrogen-bond acceptors (Lipinski definition) is 3. The summed E-state index contributed by atoms with van der Waals surface area (Å²) in [6, 6.07) is 1.51. The highest BCUT2D eigenvalue weighted by Gasteiger charge is 2.14. The molecule has 78 valence electrons. The van der Waals surface area contributed by atoms with Crippen LogP contribution in [0, 0.1) is 5.41 Å². The lowest BCUT2D eigenvalue weighted by atomic mass is 9.97. The van der Waals surface area contributed by atoms with Gasteiger partial charge in [-0.1, -0.05) is 20.8 Å². The third-order valence-electron chi connectivity index (χ3n) is 1.62. The van der Waals surface area contributed by atoms with Crippen molar-refractivity contribution in [3.05, 3.63) is 11.8 Å². The second-order valence-corrected chi connectivity index (χ2v) is 4.45. The van der Waals surface area contributed by atoms with Crippen molar-refractivity contribution in [3.8, 4) is 0 Å². The van der Waals surface area contributed by atoms with Crippen LogP contribution in [0.3, 0.4) is 0 Å². The molecule has 1 heterocycles. The molecule has 14 heavy (non-hydrogen) atoms. The highest BCUT2D eigenvalue weighted by molar-refractivity contribution is 5.92. The van der Waals surface area contributed by atoms with Gasteiger partial charge in [0.05, 0.1) is 0 Å². The van der Waals surface area contributed by atoms with Crippen molar-refractivity contribution in [1.82, 2.24) is 15.5 Å². The first-order chi connectivity index (χ1) is 6.38.